The molecule has 24 heavy (non-hydrogen) atoms. The fraction of sp³-hybridized carbons (Fsp3) is 0.333. The van der Waals surface area contributed by atoms with Gasteiger partial charge in [0.1, 0.15) is 5.75 Å². The van der Waals surface area contributed by atoms with Gasteiger partial charge in [-0.2, -0.15) is 0 Å². The molecular formula is C18H22BrNO3S. The molecule has 0 aliphatic heterocycles. The van der Waals surface area contributed by atoms with Crippen LogP contribution in [0.5, 0.6) is 5.75 Å². The van der Waals surface area contributed by atoms with Crippen molar-refractivity contribution in [2.75, 3.05) is 4.72 Å². The Balaban J connectivity index is 2.47. The minimum absolute atomic E-state index is 0.0830. The lowest BCUT2D eigenvalue weighted by Crippen LogP contribution is -2.13. The topological polar surface area (TPSA) is 66.4 Å². The second-order valence-electron chi connectivity index (χ2n) is 6.37. The first kappa shape index (κ1) is 18.8. The Kier molecular flexibility index (Phi) is 5.60. The molecule has 0 heterocycles. The average molecular weight is 412 g/mol. The Labute approximate surface area is 152 Å². The molecule has 2 aromatic rings. The highest BCUT2D eigenvalue weighted by Gasteiger charge is 2.19. The van der Waals surface area contributed by atoms with Crippen molar-refractivity contribution in [3.63, 3.8) is 0 Å². The van der Waals surface area contributed by atoms with Gasteiger partial charge in [0, 0.05) is 10.2 Å². The van der Waals surface area contributed by atoms with E-state index >= 15 is 0 Å². The molecule has 0 bridgehead atoms. The van der Waals surface area contributed by atoms with E-state index in [0.717, 1.165) is 15.6 Å². The Hall–Kier alpha value is -1.53. The Bertz CT molecular complexity index is 799. The van der Waals surface area contributed by atoms with E-state index in [9.17, 15) is 13.5 Å². The van der Waals surface area contributed by atoms with E-state index in [2.05, 4.69) is 20.7 Å². The van der Waals surface area contributed by atoms with Crippen molar-refractivity contribution in [3.8, 4) is 5.75 Å². The summed E-state index contributed by atoms with van der Waals surface area (Å²) in [5, 5.41) is 10.4. The predicted molar refractivity (Wildman–Crippen MR) is 101 cm³/mol. The first-order chi connectivity index (χ1) is 11.1. The molecule has 2 N–H and O–H groups in total. The Morgan fingerprint density at radius 1 is 0.958 bits per heavy atom. The summed E-state index contributed by atoms with van der Waals surface area (Å²) in [7, 11) is -3.68. The molecular weight excluding hydrogens is 390 g/mol. The van der Waals surface area contributed by atoms with Gasteiger partial charge in [0.15, 0.2) is 0 Å². The highest BCUT2D eigenvalue weighted by Crippen LogP contribution is 2.37. The van der Waals surface area contributed by atoms with Crippen LogP contribution in [0.3, 0.4) is 0 Å². The van der Waals surface area contributed by atoms with E-state index in [1.165, 1.54) is 0 Å². The lowest BCUT2D eigenvalue weighted by Gasteiger charge is -2.18. The summed E-state index contributed by atoms with van der Waals surface area (Å²) in [4.78, 5) is 0.191. The van der Waals surface area contributed by atoms with Crippen LogP contribution in [-0.4, -0.2) is 13.5 Å². The third-order valence-electron chi connectivity index (χ3n) is 3.79. The number of halogens is 1. The highest BCUT2D eigenvalue weighted by atomic mass is 79.9. The number of anilines is 1. The molecule has 4 nitrogen and oxygen atoms in total. The molecule has 0 saturated heterocycles. The van der Waals surface area contributed by atoms with E-state index < -0.39 is 10.0 Å². The summed E-state index contributed by atoms with van der Waals surface area (Å²) in [6.45, 7) is 7.86. The normalized spacial score (nSPS) is 12.0. The summed E-state index contributed by atoms with van der Waals surface area (Å²) in [6, 6.07) is 9.85. The average Bonchev–Trinajstić information content (AvgIpc) is 2.48. The third kappa shape index (κ3) is 4.11. The molecule has 0 saturated carbocycles. The molecule has 0 radical (unpaired) electrons. The molecule has 0 spiro atoms. The van der Waals surface area contributed by atoms with Crippen molar-refractivity contribution in [2.45, 2.75) is 44.4 Å². The molecule has 6 heteroatoms. The molecule has 0 aromatic heterocycles. The lowest BCUT2D eigenvalue weighted by molar-refractivity contribution is 0.454. The number of phenols is 1. The van der Waals surface area contributed by atoms with Crippen LogP contribution in [0.15, 0.2) is 45.8 Å². The zero-order chi connectivity index (χ0) is 18.1. The zero-order valence-electron chi connectivity index (χ0n) is 14.2. The lowest BCUT2D eigenvalue weighted by atomic mass is 9.93. The summed E-state index contributed by atoms with van der Waals surface area (Å²) < 4.78 is 28.6. The number of sulfonamides is 1. The van der Waals surface area contributed by atoms with E-state index in [1.54, 1.807) is 36.4 Å². The molecule has 0 aliphatic carbocycles. The summed E-state index contributed by atoms with van der Waals surface area (Å²) in [5.41, 5.74) is 1.92. The minimum Gasteiger partial charge on any atom is -0.507 e. The van der Waals surface area contributed by atoms with E-state index in [0.29, 0.717) is 5.69 Å². The molecule has 0 aliphatic rings. The molecule has 0 fully saturated rings. The quantitative estimate of drug-likeness (QED) is 0.664. The van der Waals surface area contributed by atoms with Gasteiger partial charge in [-0.25, -0.2) is 8.42 Å². The summed E-state index contributed by atoms with van der Waals surface area (Å²) >= 11 is 3.29. The van der Waals surface area contributed by atoms with Crippen molar-refractivity contribution in [3.05, 3.63) is 52.0 Å². The number of benzene rings is 2. The molecule has 2 rings (SSSR count). The first-order valence-electron chi connectivity index (χ1n) is 7.77. The van der Waals surface area contributed by atoms with Gasteiger partial charge in [-0.3, -0.25) is 4.72 Å². The number of hydrogen-bond acceptors (Lipinski definition) is 3. The van der Waals surface area contributed by atoms with Gasteiger partial charge in [0.25, 0.3) is 10.0 Å². The maximum Gasteiger partial charge on any atom is 0.261 e. The fourth-order valence-electron chi connectivity index (χ4n) is 2.45. The number of hydrogen-bond donors (Lipinski definition) is 2. The van der Waals surface area contributed by atoms with Crippen molar-refractivity contribution in [1.82, 2.24) is 0 Å². The van der Waals surface area contributed by atoms with Gasteiger partial charge in [0.05, 0.1) is 4.90 Å². The molecule has 130 valence electrons. The second kappa shape index (κ2) is 7.15. The standard InChI is InChI=1S/C18H22BrNO3S/c1-11(2)16-9-14(10-17(12(3)4)18(16)21)20-24(22,23)15-7-5-13(19)6-8-15/h5-12,20-21H,1-4H3. The number of rotatable bonds is 5. The Morgan fingerprint density at radius 3 is 1.83 bits per heavy atom. The maximum atomic E-state index is 12.6. The highest BCUT2D eigenvalue weighted by molar-refractivity contribution is 9.10. The predicted octanol–water partition coefficient (Wildman–Crippen LogP) is 5.20. The monoisotopic (exact) mass is 411 g/mol. The van der Waals surface area contributed by atoms with Crippen molar-refractivity contribution >= 4 is 31.6 Å². The van der Waals surface area contributed by atoms with Gasteiger partial charge in [-0.05, 0) is 59.4 Å². The van der Waals surface area contributed by atoms with Gasteiger partial charge in [-0.15, -0.1) is 0 Å². The summed E-state index contributed by atoms with van der Waals surface area (Å²) in [5.74, 6) is 0.408. The number of phenolic OH excluding ortho intramolecular Hbond substituents is 1. The second-order valence-corrected chi connectivity index (χ2v) is 8.97. The zero-order valence-corrected chi connectivity index (χ0v) is 16.6. The minimum atomic E-state index is -3.68. The van der Waals surface area contributed by atoms with Crippen LogP contribution in [0.25, 0.3) is 0 Å². The van der Waals surface area contributed by atoms with Crippen LogP contribution in [0.1, 0.15) is 50.7 Å². The van der Waals surface area contributed by atoms with Gasteiger partial charge in [-0.1, -0.05) is 43.6 Å². The van der Waals surface area contributed by atoms with E-state index in [1.807, 2.05) is 27.7 Å². The van der Waals surface area contributed by atoms with Gasteiger partial charge in [0.2, 0.25) is 0 Å². The first-order valence-corrected chi connectivity index (χ1v) is 10.0. The van der Waals surface area contributed by atoms with Crippen molar-refractivity contribution in [2.24, 2.45) is 0 Å². The largest absolute Gasteiger partial charge is 0.507 e. The number of nitrogens with one attached hydrogen (secondary N) is 1. The molecule has 0 unspecified atom stereocenters. The van der Waals surface area contributed by atoms with Gasteiger partial charge < -0.3 is 5.11 Å². The third-order valence-corrected chi connectivity index (χ3v) is 5.71. The van der Waals surface area contributed by atoms with E-state index in [-0.39, 0.29) is 22.5 Å². The van der Waals surface area contributed by atoms with Gasteiger partial charge >= 0.3 is 0 Å². The molecule has 0 atom stereocenters. The number of aromatic hydroxyl groups is 1. The fourth-order valence-corrected chi connectivity index (χ4v) is 3.75. The van der Waals surface area contributed by atoms with Crippen LogP contribution >= 0.6 is 15.9 Å². The van der Waals surface area contributed by atoms with Crippen LogP contribution in [-0.2, 0) is 10.0 Å². The smallest absolute Gasteiger partial charge is 0.261 e. The SMILES string of the molecule is CC(C)c1cc(NS(=O)(=O)c2ccc(Br)cc2)cc(C(C)C)c1O. The molecule has 2 aromatic carbocycles. The Morgan fingerprint density at radius 2 is 1.42 bits per heavy atom. The molecule has 0 amide bonds. The van der Waals surface area contributed by atoms with E-state index in [4.69, 9.17) is 0 Å². The van der Waals surface area contributed by atoms with Crippen molar-refractivity contribution in [1.29, 1.82) is 0 Å². The maximum absolute atomic E-state index is 12.6. The van der Waals surface area contributed by atoms with Crippen LogP contribution in [0.2, 0.25) is 0 Å². The van der Waals surface area contributed by atoms with Crippen LogP contribution in [0, 0.1) is 0 Å². The van der Waals surface area contributed by atoms with Crippen LogP contribution in [0.4, 0.5) is 5.69 Å². The van der Waals surface area contributed by atoms with Crippen molar-refractivity contribution < 1.29 is 13.5 Å². The van der Waals surface area contributed by atoms with Crippen LogP contribution < -0.4 is 4.72 Å². The summed E-state index contributed by atoms with van der Waals surface area (Å²) in [6.07, 6.45) is 0.